The molecular weight excluding hydrogens is 534 g/mol. The van der Waals surface area contributed by atoms with Crippen LogP contribution in [0.4, 0.5) is 17.6 Å². The summed E-state index contributed by atoms with van der Waals surface area (Å²) in [6.07, 6.45) is -2.59. The molecule has 1 aliphatic rings. The molecule has 3 N–H and O–H groups in total. The average molecular weight is 555 g/mol. The van der Waals surface area contributed by atoms with Crippen LogP contribution in [0.1, 0.15) is 56.0 Å². The number of alkyl halides is 3. The number of carbonyl (C=O) groups excluding carboxylic acids is 2. The Balaban J connectivity index is 1.22. The van der Waals surface area contributed by atoms with Crippen LogP contribution in [0.25, 0.3) is 11.4 Å². The van der Waals surface area contributed by atoms with Gasteiger partial charge in [0.25, 0.3) is 11.8 Å². The van der Waals surface area contributed by atoms with Crippen LogP contribution in [-0.2, 0) is 13.0 Å². The summed E-state index contributed by atoms with van der Waals surface area (Å²) in [5.74, 6) is -2.13. The van der Waals surface area contributed by atoms with Crippen molar-refractivity contribution in [3.8, 4) is 17.1 Å². The van der Waals surface area contributed by atoms with Gasteiger partial charge in [-0.05, 0) is 54.7 Å². The Morgan fingerprint density at radius 3 is 2.58 bits per heavy atom. The van der Waals surface area contributed by atoms with E-state index < -0.39 is 29.7 Å². The van der Waals surface area contributed by atoms with E-state index in [-0.39, 0.29) is 29.5 Å². The number of ether oxygens (including phenoxy) is 1. The first-order valence-corrected chi connectivity index (χ1v) is 12.0. The van der Waals surface area contributed by atoms with Gasteiger partial charge in [0.2, 0.25) is 0 Å². The van der Waals surface area contributed by atoms with E-state index in [9.17, 15) is 27.2 Å². The minimum absolute atomic E-state index is 0.0379. The van der Waals surface area contributed by atoms with Crippen molar-refractivity contribution in [1.82, 2.24) is 35.8 Å². The van der Waals surface area contributed by atoms with Gasteiger partial charge in [0, 0.05) is 18.2 Å². The standard InChI is InChI=1S/C26H21F4N7O3/c1-13-34-23(37-36-13)16-3-5-17-15(9-16)4-7-19(17)35-25(39)21-10-20(32-12-33-21)24(38)31-11-14-2-6-18(27)22(8-14)40-26(28,29)30/h2-3,5-6,8-10,12,19H,4,7,11H2,1H3,(H,31,38)(H,35,39)(H,34,36,37)/t19-/m1/s1. The van der Waals surface area contributed by atoms with Gasteiger partial charge in [0.15, 0.2) is 17.4 Å². The fourth-order valence-electron chi connectivity index (χ4n) is 4.35. The normalized spacial score (nSPS) is 14.5. The lowest BCUT2D eigenvalue weighted by Crippen LogP contribution is -2.29. The predicted octanol–water partition coefficient (Wildman–Crippen LogP) is 3.96. The van der Waals surface area contributed by atoms with Crippen LogP contribution < -0.4 is 15.4 Å². The van der Waals surface area contributed by atoms with Gasteiger partial charge in [-0.25, -0.2) is 19.3 Å². The molecule has 0 saturated heterocycles. The van der Waals surface area contributed by atoms with Crippen LogP contribution in [0.3, 0.4) is 0 Å². The van der Waals surface area contributed by atoms with Gasteiger partial charge in [-0.1, -0.05) is 18.2 Å². The summed E-state index contributed by atoms with van der Waals surface area (Å²) < 4.78 is 54.7. The molecule has 4 aromatic rings. The van der Waals surface area contributed by atoms with Gasteiger partial charge >= 0.3 is 6.36 Å². The summed E-state index contributed by atoms with van der Waals surface area (Å²) in [6.45, 7) is 1.57. The Bertz CT molecular complexity index is 1590. The third kappa shape index (κ3) is 6.06. The van der Waals surface area contributed by atoms with Gasteiger partial charge in [-0.2, -0.15) is 5.10 Å². The lowest BCUT2D eigenvalue weighted by Gasteiger charge is -2.14. The molecule has 0 spiro atoms. The topological polar surface area (TPSA) is 135 Å². The maximum absolute atomic E-state index is 13.6. The monoisotopic (exact) mass is 555 g/mol. The van der Waals surface area contributed by atoms with Crippen LogP contribution in [-0.4, -0.2) is 43.3 Å². The number of H-pyrrole nitrogens is 1. The van der Waals surface area contributed by atoms with Gasteiger partial charge in [0.05, 0.1) is 6.04 Å². The highest BCUT2D eigenvalue weighted by Crippen LogP contribution is 2.34. The molecule has 0 bridgehead atoms. The molecule has 10 nitrogen and oxygen atoms in total. The number of aromatic amines is 1. The van der Waals surface area contributed by atoms with Crippen molar-refractivity contribution < 1.29 is 31.9 Å². The summed E-state index contributed by atoms with van der Waals surface area (Å²) in [6, 6.07) is 9.58. The molecule has 0 saturated carbocycles. The molecule has 206 valence electrons. The van der Waals surface area contributed by atoms with E-state index in [0.717, 1.165) is 41.6 Å². The number of rotatable bonds is 7. The molecule has 1 aliphatic carbocycles. The van der Waals surface area contributed by atoms with Crippen molar-refractivity contribution in [2.24, 2.45) is 0 Å². The van der Waals surface area contributed by atoms with Crippen molar-refractivity contribution in [1.29, 1.82) is 0 Å². The third-order valence-corrected chi connectivity index (χ3v) is 6.19. The maximum atomic E-state index is 13.6. The summed E-state index contributed by atoms with van der Waals surface area (Å²) in [7, 11) is 0. The summed E-state index contributed by atoms with van der Waals surface area (Å²) in [4.78, 5) is 37.7. The highest BCUT2D eigenvalue weighted by molar-refractivity contribution is 5.97. The average Bonchev–Trinajstić information content (AvgIpc) is 3.54. The second-order valence-electron chi connectivity index (χ2n) is 9.01. The molecule has 0 aliphatic heterocycles. The Hall–Kier alpha value is -4.88. The van der Waals surface area contributed by atoms with Crippen molar-refractivity contribution in [2.45, 2.75) is 38.7 Å². The predicted molar refractivity (Wildman–Crippen MR) is 131 cm³/mol. The molecule has 5 rings (SSSR count). The third-order valence-electron chi connectivity index (χ3n) is 6.19. The Morgan fingerprint density at radius 2 is 1.85 bits per heavy atom. The minimum Gasteiger partial charge on any atom is -0.403 e. The lowest BCUT2D eigenvalue weighted by molar-refractivity contribution is -0.275. The zero-order chi connectivity index (χ0) is 28.4. The number of hydrogen-bond donors (Lipinski definition) is 3. The molecule has 2 amide bonds. The van der Waals surface area contributed by atoms with Crippen LogP contribution in [0, 0.1) is 12.7 Å². The second kappa shape index (κ2) is 10.7. The zero-order valence-electron chi connectivity index (χ0n) is 20.8. The molecule has 2 heterocycles. The van der Waals surface area contributed by atoms with Crippen LogP contribution in [0.2, 0.25) is 0 Å². The number of aromatic nitrogens is 5. The van der Waals surface area contributed by atoms with Crippen LogP contribution in [0.5, 0.6) is 5.75 Å². The first-order valence-electron chi connectivity index (χ1n) is 12.0. The van der Waals surface area contributed by atoms with Crippen molar-refractivity contribution in [3.63, 3.8) is 0 Å². The maximum Gasteiger partial charge on any atom is 0.573 e. The molecule has 0 fully saturated rings. The number of halogens is 4. The van der Waals surface area contributed by atoms with Gasteiger partial charge in [0.1, 0.15) is 23.5 Å². The summed E-state index contributed by atoms with van der Waals surface area (Å²) >= 11 is 0. The van der Waals surface area contributed by atoms with E-state index in [1.807, 2.05) is 25.1 Å². The Kier molecular flexibility index (Phi) is 7.15. The summed E-state index contributed by atoms with van der Waals surface area (Å²) in [5, 5.41) is 12.4. The van der Waals surface area contributed by atoms with Gasteiger partial charge < -0.3 is 15.4 Å². The number of fused-ring (bicyclic) bond motifs is 1. The Labute approximate surface area is 224 Å². The Morgan fingerprint density at radius 1 is 1.07 bits per heavy atom. The van der Waals surface area contributed by atoms with Crippen molar-refractivity contribution in [3.05, 3.63) is 88.5 Å². The second-order valence-corrected chi connectivity index (χ2v) is 9.01. The smallest absolute Gasteiger partial charge is 0.403 e. The fraction of sp³-hybridized carbons (Fsp3) is 0.231. The van der Waals surface area contributed by atoms with E-state index in [2.05, 4.69) is 40.5 Å². The molecular formula is C26H21F4N7O3. The van der Waals surface area contributed by atoms with E-state index in [1.54, 1.807) is 0 Å². The number of carbonyl (C=O) groups is 2. The molecule has 2 aromatic carbocycles. The number of nitrogens with one attached hydrogen (secondary N) is 3. The van der Waals surface area contributed by atoms with E-state index in [1.165, 1.54) is 12.1 Å². The van der Waals surface area contributed by atoms with Crippen molar-refractivity contribution >= 4 is 11.8 Å². The van der Waals surface area contributed by atoms with E-state index in [4.69, 9.17) is 0 Å². The number of benzene rings is 2. The van der Waals surface area contributed by atoms with Gasteiger partial charge in [-0.3, -0.25) is 14.7 Å². The molecule has 40 heavy (non-hydrogen) atoms. The molecule has 2 aromatic heterocycles. The largest absolute Gasteiger partial charge is 0.573 e. The van der Waals surface area contributed by atoms with Gasteiger partial charge in [-0.15, -0.1) is 13.2 Å². The molecule has 0 unspecified atom stereocenters. The number of amides is 2. The highest BCUT2D eigenvalue weighted by Gasteiger charge is 2.32. The van der Waals surface area contributed by atoms with E-state index in [0.29, 0.717) is 18.1 Å². The molecule has 14 heteroatoms. The first-order chi connectivity index (χ1) is 19.1. The summed E-state index contributed by atoms with van der Waals surface area (Å²) in [5.41, 5.74) is 2.88. The van der Waals surface area contributed by atoms with Crippen LogP contribution >= 0.6 is 0 Å². The quantitative estimate of drug-likeness (QED) is 0.294. The highest BCUT2D eigenvalue weighted by atomic mass is 19.4. The fourth-order valence-corrected chi connectivity index (χ4v) is 4.35. The van der Waals surface area contributed by atoms with E-state index >= 15 is 0 Å². The lowest BCUT2D eigenvalue weighted by atomic mass is 10.0. The SMILES string of the molecule is Cc1nc(-c2ccc3c(c2)CC[C@H]3NC(=O)c2cc(C(=O)NCc3ccc(F)c(OC(F)(F)F)c3)ncn2)n[nH]1. The number of nitrogens with zero attached hydrogens (tertiary/aromatic N) is 4. The first kappa shape index (κ1) is 26.7. The number of aryl methyl sites for hydroxylation is 2. The molecule has 0 radical (unpaired) electrons. The van der Waals surface area contributed by atoms with Crippen LogP contribution in [0.15, 0.2) is 48.8 Å². The molecule has 1 atom stereocenters. The minimum atomic E-state index is -5.07. The zero-order valence-corrected chi connectivity index (χ0v) is 20.8. The number of hydrogen-bond acceptors (Lipinski definition) is 7. The van der Waals surface area contributed by atoms with Crippen molar-refractivity contribution in [2.75, 3.05) is 0 Å².